The number of nitrogens with one attached hydrogen (secondary N) is 2. The normalized spacial score (nSPS) is 20.3. The van der Waals surface area contributed by atoms with Crippen LogP contribution >= 0.6 is 0 Å². The lowest BCUT2D eigenvalue weighted by Gasteiger charge is -2.29. The molecule has 1 aliphatic rings. The lowest BCUT2D eigenvalue weighted by atomic mass is 9.90. The first-order valence-corrected chi connectivity index (χ1v) is 7.51. The number of rotatable bonds is 2. The highest BCUT2D eigenvalue weighted by atomic mass is 16.4. The van der Waals surface area contributed by atoms with Gasteiger partial charge in [0.25, 0.3) is 0 Å². The van der Waals surface area contributed by atoms with E-state index < -0.39 is 12.0 Å². The molecule has 1 aromatic heterocycles. The van der Waals surface area contributed by atoms with Crippen molar-refractivity contribution >= 4 is 16.9 Å². The van der Waals surface area contributed by atoms with Crippen LogP contribution in [0.4, 0.5) is 0 Å². The number of H-pyrrole nitrogens is 1. The number of para-hydroxylation sites is 1. The molecule has 0 saturated carbocycles. The van der Waals surface area contributed by atoms with Gasteiger partial charge in [0.1, 0.15) is 11.8 Å². The number of carbonyl (C=O) groups is 1. The van der Waals surface area contributed by atoms with E-state index in [4.69, 9.17) is 0 Å². The molecule has 2 unspecified atom stereocenters. The van der Waals surface area contributed by atoms with Crippen LogP contribution in [0.2, 0.25) is 0 Å². The third kappa shape index (κ3) is 2.26. The molecule has 0 bridgehead atoms. The highest BCUT2D eigenvalue weighted by molar-refractivity contribution is 5.87. The Morgan fingerprint density at radius 2 is 1.96 bits per heavy atom. The predicted molar refractivity (Wildman–Crippen MR) is 86.5 cm³/mol. The Morgan fingerprint density at radius 1 is 1.13 bits per heavy atom. The summed E-state index contributed by atoms with van der Waals surface area (Å²) in [5, 5.41) is 23.5. The molecule has 2 aromatic carbocycles. The van der Waals surface area contributed by atoms with Crippen molar-refractivity contribution in [3.05, 3.63) is 65.4 Å². The van der Waals surface area contributed by atoms with E-state index in [1.807, 2.05) is 30.3 Å². The van der Waals surface area contributed by atoms with Gasteiger partial charge in [-0.1, -0.05) is 30.3 Å². The summed E-state index contributed by atoms with van der Waals surface area (Å²) in [5.41, 5.74) is 3.83. The smallest absolute Gasteiger partial charge is 0.321 e. The SMILES string of the molecule is O=C(O)C1Cc2c([nH]c3ccccc23)C(c2cccc(O)c2)N1. The Hall–Kier alpha value is -2.79. The average molecular weight is 308 g/mol. The molecular formula is C18H16N2O3. The number of aromatic amines is 1. The van der Waals surface area contributed by atoms with Crippen molar-refractivity contribution in [1.82, 2.24) is 10.3 Å². The van der Waals surface area contributed by atoms with E-state index in [2.05, 4.69) is 10.3 Å². The van der Waals surface area contributed by atoms with Gasteiger partial charge in [0.15, 0.2) is 0 Å². The van der Waals surface area contributed by atoms with Crippen molar-refractivity contribution in [2.75, 3.05) is 0 Å². The van der Waals surface area contributed by atoms with Crippen molar-refractivity contribution in [3.8, 4) is 5.75 Å². The third-order valence-electron chi connectivity index (χ3n) is 4.41. The number of hydrogen-bond acceptors (Lipinski definition) is 3. The van der Waals surface area contributed by atoms with Gasteiger partial charge in [0.05, 0.1) is 6.04 Å². The Bertz CT molecular complexity index is 900. The second kappa shape index (κ2) is 5.14. The topological polar surface area (TPSA) is 85.3 Å². The first-order valence-electron chi connectivity index (χ1n) is 7.51. The van der Waals surface area contributed by atoms with E-state index in [-0.39, 0.29) is 11.8 Å². The van der Waals surface area contributed by atoms with Crippen LogP contribution in [0, 0.1) is 0 Å². The fourth-order valence-corrected chi connectivity index (χ4v) is 3.36. The summed E-state index contributed by atoms with van der Waals surface area (Å²) in [6.45, 7) is 0. The van der Waals surface area contributed by atoms with Crippen LogP contribution < -0.4 is 5.32 Å². The first-order chi connectivity index (χ1) is 11.1. The molecule has 0 saturated heterocycles. The van der Waals surface area contributed by atoms with Gasteiger partial charge in [-0.05, 0) is 29.3 Å². The van der Waals surface area contributed by atoms with Gasteiger partial charge < -0.3 is 15.2 Å². The zero-order valence-corrected chi connectivity index (χ0v) is 12.3. The largest absolute Gasteiger partial charge is 0.508 e. The lowest BCUT2D eigenvalue weighted by molar-refractivity contribution is -0.139. The van der Waals surface area contributed by atoms with E-state index >= 15 is 0 Å². The third-order valence-corrected chi connectivity index (χ3v) is 4.41. The van der Waals surface area contributed by atoms with Gasteiger partial charge in [-0.3, -0.25) is 10.1 Å². The molecule has 4 rings (SSSR count). The number of carboxylic acid groups (broad SMARTS) is 1. The Kier molecular flexibility index (Phi) is 3.09. The number of phenolic OH excluding ortho intramolecular Hbond substituents is 1. The fourth-order valence-electron chi connectivity index (χ4n) is 3.36. The van der Waals surface area contributed by atoms with Crippen LogP contribution in [0.25, 0.3) is 10.9 Å². The van der Waals surface area contributed by atoms with Gasteiger partial charge in [-0.25, -0.2) is 0 Å². The molecule has 4 N–H and O–H groups in total. The molecule has 1 aliphatic heterocycles. The van der Waals surface area contributed by atoms with Gasteiger partial charge in [0.2, 0.25) is 0 Å². The minimum absolute atomic E-state index is 0.166. The van der Waals surface area contributed by atoms with Crippen molar-refractivity contribution in [3.63, 3.8) is 0 Å². The van der Waals surface area contributed by atoms with Gasteiger partial charge in [0, 0.05) is 23.0 Å². The summed E-state index contributed by atoms with van der Waals surface area (Å²) in [6, 6.07) is 13.9. The van der Waals surface area contributed by atoms with E-state index in [0.717, 1.165) is 27.7 Å². The van der Waals surface area contributed by atoms with Crippen LogP contribution in [-0.4, -0.2) is 27.2 Å². The molecule has 0 fully saturated rings. The van der Waals surface area contributed by atoms with Crippen molar-refractivity contribution in [2.45, 2.75) is 18.5 Å². The summed E-state index contributed by atoms with van der Waals surface area (Å²) in [7, 11) is 0. The minimum atomic E-state index is -0.869. The number of benzene rings is 2. The molecule has 2 heterocycles. The van der Waals surface area contributed by atoms with Crippen molar-refractivity contribution in [2.24, 2.45) is 0 Å². The summed E-state index contributed by atoms with van der Waals surface area (Å²) >= 11 is 0. The second-order valence-electron chi connectivity index (χ2n) is 5.85. The Balaban J connectivity index is 1.91. The van der Waals surface area contributed by atoms with Crippen LogP contribution in [-0.2, 0) is 11.2 Å². The molecule has 0 radical (unpaired) electrons. The number of aliphatic carboxylic acids is 1. The summed E-state index contributed by atoms with van der Waals surface area (Å²) in [5.74, 6) is -0.703. The maximum atomic E-state index is 11.5. The van der Waals surface area contributed by atoms with Gasteiger partial charge in [-0.15, -0.1) is 0 Å². The van der Waals surface area contributed by atoms with E-state index in [0.29, 0.717) is 6.42 Å². The quantitative estimate of drug-likeness (QED) is 0.586. The zero-order valence-electron chi connectivity index (χ0n) is 12.3. The standard InChI is InChI=1S/C18H16N2O3/c21-11-5-3-4-10(8-11)16-17-13(9-15(20-16)18(22)23)12-6-1-2-7-14(12)19-17/h1-8,15-16,19-21H,9H2,(H,22,23). The maximum absolute atomic E-state index is 11.5. The van der Waals surface area contributed by atoms with Crippen LogP contribution in [0.5, 0.6) is 5.75 Å². The molecule has 0 spiro atoms. The molecular weight excluding hydrogens is 292 g/mol. The first kappa shape index (κ1) is 13.8. The van der Waals surface area contributed by atoms with Crippen molar-refractivity contribution in [1.29, 1.82) is 0 Å². The number of aromatic nitrogens is 1. The summed E-state index contributed by atoms with van der Waals surface area (Å²) in [4.78, 5) is 15.0. The second-order valence-corrected chi connectivity index (χ2v) is 5.85. The molecule has 116 valence electrons. The lowest BCUT2D eigenvalue weighted by Crippen LogP contribution is -2.44. The number of hydrogen-bond donors (Lipinski definition) is 4. The number of fused-ring (bicyclic) bond motifs is 3. The molecule has 0 aliphatic carbocycles. The van der Waals surface area contributed by atoms with E-state index in [1.165, 1.54) is 0 Å². The highest BCUT2D eigenvalue weighted by Gasteiger charge is 2.33. The highest BCUT2D eigenvalue weighted by Crippen LogP contribution is 2.35. The molecule has 0 amide bonds. The maximum Gasteiger partial charge on any atom is 0.321 e. The molecule has 3 aromatic rings. The summed E-state index contributed by atoms with van der Waals surface area (Å²) in [6.07, 6.45) is 0.435. The Morgan fingerprint density at radius 3 is 2.74 bits per heavy atom. The Labute approximate surface area is 132 Å². The van der Waals surface area contributed by atoms with Gasteiger partial charge in [-0.2, -0.15) is 0 Å². The zero-order chi connectivity index (χ0) is 16.0. The minimum Gasteiger partial charge on any atom is -0.508 e. The van der Waals surface area contributed by atoms with Gasteiger partial charge >= 0.3 is 5.97 Å². The fraction of sp³-hybridized carbons (Fsp3) is 0.167. The predicted octanol–water partition coefficient (Wildman–Crippen LogP) is 2.56. The van der Waals surface area contributed by atoms with Crippen LogP contribution in [0.3, 0.4) is 0 Å². The van der Waals surface area contributed by atoms with Crippen molar-refractivity contribution < 1.29 is 15.0 Å². The average Bonchev–Trinajstić information content (AvgIpc) is 2.92. The number of aromatic hydroxyl groups is 1. The molecule has 5 heteroatoms. The monoisotopic (exact) mass is 308 g/mol. The molecule has 2 atom stereocenters. The molecule has 23 heavy (non-hydrogen) atoms. The number of carboxylic acids is 1. The van der Waals surface area contributed by atoms with E-state index in [1.54, 1.807) is 18.2 Å². The number of phenols is 1. The van der Waals surface area contributed by atoms with Crippen LogP contribution in [0.15, 0.2) is 48.5 Å². The van der Waals surface area contributed by atoms with Crippen LogP contribution in [0.1, 0.15) is 22.9 Å². The summed E-state index contributed by atoms with van der Waals surface area (Å²) < 4.78 is 0. The molecule has 5 nitrogen and oxygen atoms in total. The van der Waals surface area contributed by atoms with E-state index in [9.17, 15) is 15.0 Å².